The minimum Gasteiger partial charge on any atom is -0.497 e. The quantitative estimate of drug-likeness (QED) is 0.600. The van der Waals surface area contributed by atoms with Crippen molar-refractivity contribution in [1.29, 1.82) is 0 Å². The van der Waals surface area contributed by atoms with E-state index in [0.717, 1.165) is 43.5 Å². The Labute approximate surface area is 196 Å². The van der Waals surface area contributed by atoms with Crippen molar-refractivity contribution in [2.24, 2.45) is 11.8 Å². The Bertz CT molecular complexity index is 963. The molecule has 166 valence electrons. The van der Waals surface area contributed by atoms with Gasteiger partial charge in [-0.3, -0.25) is 14.9 Å². The maximum absolute atomic E-state index is 5.34. The minimum absolute atomic E-state index is 0. The molecule has 0 amide bonds. The van der Waals surface area contributed by atoms with Crippen molar-refractivity contribution in [3.63, 3.8) is 0 Å². The Kier molecular flexibility index (Phi) is 7.65. The maximum atomic E-state index is 5.34. The second-order valence-corrected chi connectivity index (χ2v) is 8.41. The number of H-pyrrole nitrogens is 1. The Morgan fingerprint density at radius 3 is 2.45 bits per heavy atom. The van der Waals surface area contributed by atoms with Gasteiger partial charge in [-0.25, -0.2) is 0 Å². The van der Waals surface area contributed by atoms with Gasteiger partial charge in [-0.15, -0.1) is 24.8 Å². The zero-order chi connectivity index (χ0) is 19.8. The summed E-state index contributed by atoms with van der Waals surface area (Å²) in [4.78, 5) is 5.14. The van der Waals surface area contributed by atoms with Gasteiger partial charge in [0.05, 0.1) is 19.0 Å². The molecule has 0 radical (unpaired) electrons. The second kappa shape index (κ2) is 10.0. The van der Waals surface area contributed by atoms with E-state index in [9.17, 15) is 0 Å². The van der Waals surface area contributed by atoms with Crippen LogP contribution in [0.5, 0.6) is 5.75 Å². The standard InChI is InChI=1S/C24H28N4O.2ClH/c1-27-13-20-15-28(14-19-12-25-26-23(19)17-6-4-3-5-7-17)16-22(20)24(27)18-8-10-21(29-2)11-9-18;;/h3-12,20,22,24H,13-16H2,1-2H3,(H,25,26);2*1H/t20-,22+,24+;;/m0../s1. The number of benzene rings is 2. The molecule has 5 nitrogen and oxygen atoms in total. The van der Waals surface area contributed by atoms with Gasteiger partial charge in [0.15, 0.2) is 0 Å². The predicted octanol–water partition coefficient (Wildman–Crippen LogP) is 4.66. The molecule has 2 fully saturated rings. The van der Waals surface area contributed by atoms with E-state index in [-0.39, 0.29) is 24.8 Å². The van der Waals surface area contributed by atoms with Crippen LogP contribution in [0.4, 0.5) is 0 Å². The molecule has 2 aliphatic rings. The van der Waals surface area contributed by atoms with Crippen LogP contribution >= 0.6 is 24.8 Å². The molecule has 3 heterocycles. The molecule has 1 aromatic heterocycles. The third-order valence-corrected chi connectivity index (χ3v) is 6.60. The van der Waals surface area contributed by atoms with E-state index >= 15 is 0 Å². The molecule has 2 aliphatic heterocycles. The van der Waals surface area contributed by atoms with Gasteiger partial charge in [-0.2, -0.15) is 5.10 Å². The summed E-state index contributed by atoms with van der Waals surface area (Å²) in [5.74, 6) is 2.31. The van der Waals surface area contributed by atoms with Crippen LogP contribution in [0, 0.1) is 11.8 Å². The molecular weight excluding hydrogens is 431 g/mol. The minimum atomic E-state index is 0. The van der Waals surface area contributed by atoms with Crippen LogP contribution in [-0.2, 0) is 6.54 Å². The number of aromatic nitrogens is 2. The lowest BCUT2D eigenvalue weighted by Gasteiger charge is -2.27. The van der Waals surface area contributed by atoms with Crippen molar-refractivity contribution in [3.8, 4) is 17.0 Å². The Hall–Kier alpha value is -2.05. The van der Waals surface area contributed by atoms with Crippen LogP contribution in [0.3, 0.4) is 0 Å². The first-order chi connectivity index (χ1) is 14.2. The number of methoxy groups -OCH3 is 1. The van der Waals surface area contributed by atoms with Gasteiger partial charge in [0.1, 0.15) is 5.75 Å². The zero-order valence-electron chi connectivity index (χ0n) is 17.9. The molecule has 1 N–H and O–H groups in total. The largest absolute Gasteiger partial charge is 0.497 e. The molecule has 3 aromatic rings. The van der Waals surface area contributed by atoms with Crippen molar-refractivity contribution >= 4 is 24.8 Å². The number of aromatic amines is 1. The number of ether oxygens (including phenoxy) is 1. The van der Waals surface area contributed by atoms with Gasteiger partial charge in [-0.1, -0.05) is 42.5 Å². The molecule has 5 rings (SSSR count). The maximum Gasteiger partial charge on any atom is 0.118 e. The number of halogens is 2. The summed E-state index contributed by atoms with van der Waals surface area (Å²) in [5.41, 5.74) is 5.03. The molecule has 31 heavy (non-hydrogen) atoms. The molecule has 2 saturated heterocycles. The van der Waals surface area contributed by atoms with Crippen LogP contribution in [0.1, 0.15) is 17.2 Å². The van der Waals surface area contributed by atoms with E-state index in [1.54, 1.807) is 7.11 Å². The highest BCUT2D eigenvalue weighted by atomic mass is 35.5. The van der Waals surface area contributed by atoms with Crippen LogP contribution in [0.15, 0.2) is 60.8 Å². The first-order valence-electron chi connectivity index (χ1n) is 10.4. The average molecular weight is 461 g/mol. The van der Waals surface area contributed by atoms with Crippen LogP contribution in [0.2, 0.25) is 0 Å². The van der Waals surface area contributed by atoms with E-state index in [1.807, 2.05) is 6.20 Å². The molecule has 7 heteroatoms. The third kappa shape index (κ3) is 4.60. The fourth-order valence-corrected chi connectivity index (χ4v) is 5.31. The van der Waals surface area contributed by atoms with Gasteiger partial charge < -0.3 is 4.74 Å². The molecule has 0 unspecified atom stereocenters. The highest BCUT2D eigenvalue weighted by Crippen LogP contribution is 2.44. The fraction of sp³-hybridized carbons (Fsp3) is 0.375. The molecule has 0 saturated carbocycles. The van der Waals surface area contributed by atoms with E-state index in [2.05, 4.69) is 81.6 Å². The first kappa shape index (κ1) is 23.6. The smallest absolute Gasteiger partial charge is 0.118 e. The van der Waals surface area contributed by atoms with Crippen LogP contribution in [-0.4, -0.2) is 53.8 Å². The lowest BCUT2D eigenvalue weighted by atomic mass is 9.89. The van der Waals surface area contributed by atoms with Crippen molar-refractivity contribution in [3.05, 3.63) is 71.9 Å². The summed E-state index contributed by atoms with van der Waals surface area (Å²) in [6.45, 7) is 4.40. The van der Waals surface area contributed by atoms with E-state index < -0.39 is 0 Å². The molecular formula is C24H30Cl2N4O. The zero-order valence-corrected chi connectivity index (χ0v) is 19.5. The SMILES string of the molecule is COc1ccc([C@@H]2[C@@H]3CN(Cc4cn[nH]c4-c4ccccc4)C[C@@H]3CN2C)cc1.Cl.Cl. The van der Waals surface area contributed by atoms with Crippen molar-refractivity contribution in [2.45, 2.75) is 12.6 Å². The molecule has 0 bridgehead atoms. The van der Waals surface area contributed by atoms with Gasteiger partial charge in [0, 0.05) is 37.8 Å². The Morgan fingerprint density at radius 2 is 1.74 bits per heavy atom. The summed E-state index contributed by atoms with van der Waals surface area (Å²) in [6.07, 6.45) is 1.99. The molecule has 3 atom stereocenters. The fourth-order valence-electron chi connectivity index (χ4n) is 5.31. The topological polar surface area (TPSA) is 44.4 Å². The number of nitrogens with one attached hydrogen (secondary N) is 1. The third-order valence-electron chi connectivity index (χ3n) is 6.60. The average Bonchev–Trinajstić information content (AvgIpc) is 3.43. The van der Waals surface area contributed by atoms with Gasteiger partial charge >= 0.3 is 0 Å². The van der Waals surface area contributed by atoms with E-state index in [4.69, 9.17) is 4.74 Å². The normalized spacial score (nSPS) is 23.1. The summed E-state index contributed by atoms with van der Waals surface area (Å²) in [5, 5.41) is 7.53. The number of nitrogens with zero attached hydrogens (tertiary/aromatic N) is 3. The summed E-state index contributed by atoms with van der Waals surface area (Å²) >= 11 is 0. The summed E-state index contributed by atoms with van der Waals surface area (Å²) < 4.78 is 5.34. The monoisotopic (exact) mass is 460 g/mol. The summed E-state index contributed by atoms with van der Waals surface area (Å²) in [6, 6.07) is 19.6. The highest BCUT2D eigenvalue weighted by Gasteiger charge is 2.46. The Morgan fingerprint density at radius 1 is 1.00 bits per heavy atom. The van der Waals surface area contributed by atoms with Gasteiger partial charge in [0.25, 0.3) is 0 Å². The van der Waals surface area contributed by atoms with Crippen molar-refractivity contribution in [2.75, 3.05) is 33.8 Å². The number of hydrogen-bond acceptors (Lipinski definition) is 4. The first-order valence-corrected chi connectivity index (χ1v) is 10.4. The van der Waals surface area contributed by atoms with Gasteiger partial charge in [0.2, 0.25) is 0 Å². The number of rotatable bonds is 5. The van der Waals surface area contributed by atoms with Gasteiger partial charge in [-0.05, 0) is 42.1 Å². The Balaban J connectivity index is 0.00000136. The molecule has 0 spiro atoms. The van der Waals surface area contributed by atoms with Crippen molar-refractivity contribution < 1.29 is 4.74 Å². The molecule has 2 aromatic carbocycles. The van der Waals surface area contributed by atoms with E-state index in [1.165, 1.54) is 16.7 Å². The summed E-state index contributed by atoms with van der Waals surface area (Å²) in [7, 11) is 3.99. The van der Waals surface area contributed by atoms with E-state index in [0.29, 0.717) is 12.0 Å². The predicted molar refractivity (Wildman–Crippen MR) is 129 cm³/mol. The highest BCUT2D eigenvalue weighted by molar-refractivity contribution is 5.85. The van der Waals surface area contributed by atoms with Crippen LogP contribution in [0.25, 0.3) is 11.3 Å². The number of fused-ring (bicyclic) bond motifs is 1. The van der Waals surface area contributed by atoms with Crippen LogP contribution < -0.4 is 4.74 Å². The number of hydrogen-bond donors (Lipinski definition) is 1. The van der Waals surface area contributed by atoms with Crippen molar-refractivity contribution in [1.82, 2.24) is 20.0 Å². The lowest BCUT2D eigenvalue weighted by Crippen LogP contribution is -2.29. The number of likely N-dealkylation sites (tertiary alicyclic amines) is 2. The second-order valence-electron chi connectivity index (χ2n) is 8.41. The molecule has 0 aliphatic carbocycles. The lowest BCUT2D eigenvalue weighted by molar-refractivity contribution is 0.224.